The minimum Gasteiger partial charge on any atom is -0.354 e. The fraction of sp³-hybridized carbons (Fsp3) is 0.533. The summed E-state index contributed by atoms with van der Waals surface area (Å²) >= 11 is 0. The van der Waals surface area contributed by atoms with Crippen LogP contribution < -0.4 is 10.6 Å². The van der Waals surface area contributed by atoms with Crippen LogP contribution in [-0.2, 0) is 4.79 Å². The van der Waals surface area contributed by atoms with Crippen LogP contribution in [0.5, 0.6) is 0 Å². The molecule has 1 aromatic rings. The van der Waals surface area contributed by atoms with Crippen LogP contribution in [0.4, 0.5) is 8.78 Å². The molecule has 3 nitrogen and oxygen atoms in total. The Morgan fingerprint density at radius 3 is 2.81 bits per heavy atom. The first-order valence-electron chi connectivity index (χ1n) is 7.11. The Labute approximate surface area is 128 Å². The summed E-state index contributed by atoms with van der Waals surface area (Å²) in [5.41, 5.74) is 0.711. The van der Waals surface area contributed by atoms with E-state index in [-0.39, 0.29) is 30.2 Å². The maximum Gasteiger partial charge on any atom is 0.223 e. The Kier molecular flexibility index (Phi) is 5.17. The monoisotopic (exact) mass is 316 g/mol. The minimum absolute atomic E-state index is 0. The number of carbonyl (C=O) groups excluding carboxylic acids is 1. The summed E-state index contributed by atoms with van der Waals surface area (Å²) in [6.45, 7) is 1.67. The van der Waals surface area contributed by atoms with Gasteiger partial charge in [-0.05, 0) is 49.4 Å². The first-order chi connectivity index (χ1) is 9.65. The van der Waals surface area contributed by atoms with Gasteiger partial charge in [0.2, 0.25) is 5.91 Å². The van der Waals surface area contributed by atoms with E-state index in [0.29, 0.717) is 18.2 Å². The summed E-state index contributed by atoms with van der Waals surface area (Å²) in [6.07, 6.45) is 2.97. The normalized spacial score (nSPS) is 27.0. The Hall–Kier alpha value is -1.20. The molecule has 1 aliphatic heterocycles. The van der Waals surface area contributed by atoms with Crippen molar-refractivity contribution in [1.29, 1.82) is 0 Å². The SMILES string of the molecule is Cl.O=C(NCC1CCCN1)C1CC1c1ccc(F)c(F)c1. The quantitative estimate of drug-likeness (QED) is 0.895. The van der Waals surface area contributed by atoms with Gasteiger partial charge < -0.3 is 10.6 Å². The lowest BCUT2D eigenvalue weighted by Gasteiger charge is -2.11. The van der Waals surface area contributed by atoms with E-state index >= 15 is 0 Å². The molecule has 3 rings (SSSR count). The van der Waals surface area contributed by atoms with E-state index in [0.717, 1.165) is 31.9 Å². The second kappa shape index (κ2) is 6.71. The van der Waals surface area contributed by atoms with Crippen LogP contribution in [-0.4, -0.2) is 25.0 Å². The molecule has 1 saturated heterocycles. The van der Waals surface area contributed by atoms with Crippen molar-refractivity contribution >= 4 is 18.3 Å². The summed E-state index contributed by atoms with van der Waals surface area (Å²) in [4.78, 5) is 12.0. The molecule has 0 spiro atoms. The van der Waals surface area contributed by atoms with Crippen molar-refractivity contribution in [3.8, 4) is 0 Å². The fourth-order valence-corrected chi connectivity index (χ4v) is 2.88. The average Bonchev–Trinajstić information content (AvgIpc) is 3.07. The third-order valence-corrected chi connectivity index (χ3v) is 4.18. The zero-order valence-corrected chi connectivity index (χ0v) is 12.4. The molecule has 2 N–H and O–H groups in total. The van der Waals surface area contributed by atoms with Crippen LogP contribution >= 0.6 is 12.4 Å². The molecule has 2 aliphatic rings. The second-order valence-corrected chi connectivity index (χ2v) is 5.66. The van der Waals surface area contributed by atoms with Gasteiger partial charge in [0, 0.05) is 18.5 Å². The van der Waals surface area contributed by atoms with Gasteiger partial charge in [-0.1, -0.05) is 6.07 Å². The molecule has 0 radical (unpaired) electrons. The zero-order chi connectivity index (χ0) is 14.1. The Morgan fingerprint density at radius 2 is 2.14 bits per heavy atom. The highest BCUT2D eigenvalue weighted by atomic mass is 35.5. The molecule has 2 fully saturated rings. The lowest BCUT2D eigenvalue weighted by molar-refractivity contribution is -0.122. The highest BCUT2D eigenvalue weighted by Crippen LogP contribution is 2.47. The lowest BCUT2D eigenvalue weighted by Crippen LogP contribution is -2.38. The fourth-order valence-electron chi connectivity index (χ4n) is 2.88. The molecule has 3 atom stereocenters. The molecule has 3 unspecified atom stereocenters. The van der Waals surface area contributed by atoms with Gasteiger partial charge in [0.05, 0.1) is 0 Å². The van der Waals surface area contributed by atoms with E-state index in [2.05, 4.69) is 10.6 Å². The number of hydrogen-bond acceptors (Lipinski definition) is 2. The van der Waals surface area contributed by atoms with Gasteiger partial charge in [0.25, 0.3) is 0 Å². The predicted octanol–water partition coefficient (Wildman–Crippen LogP) is 2.36. The number of hydrogen-bond donors (Lipinski definition) is 2. The van der Waals surface area contributed by atoms with E-state index in [1.54, 1.807) is 6.07 Å². The van der Waals surface area contributed by atoms with Gasteiger partial charge in [0.1, 0.15) is 0 Å². The Bertz CT molecular complexity index is 520. The molecule has 0 aromatic heterocycles. The minimum atomic E-state index is -0.845. The van der Waals surface area contributed by atoms with Gasteiger partial charge in [-0.25, -0.2) is 8.78 Å². The molecule has 1 aliphatic carbocycles. The number of halogens is 3. The van der Waals surface area contributed by atoms with E-state index in [1.807, 2.05) is 0 Å². The van der Waals surface area contributed by atoms with Crippen LogP contribution in [0, 0.1) is 17.6 Å². The van der Waals surface area contributed by atoms with Gasteiger partial charge >= 0.3 is 0 Å². The first kappa shape index (κ1) is 16.2. The number of rotatable bonds is 4. The van der Waals surface area contributed by atoms with Crippen molar-refractivity contribution in [2.45, 2.75) is 31.2 Å². The van der Waals surface area contributed by atoms with Crippen LogP contribution in [0.2, 0.25) is 0 Å². The molecule has 116 valence electrons. The molecule has 21 heavy (non-hydrogen) atoms. The molecule has 1 heterocycles. The smallest absolute Gasteiger partial charge is 0.223 e. The summed E-state index contributed by atoms with van der Waals surface area (Å²) in [5, 5.41) is 6.26. The second-order valence-electron chi connectivity index (χ2n) is 5.66. The Morgan fingerprint density at radius 1 is 1.33 bits per heavy atom. The van der Waals surface area contributed by atoms with Gasteiger partial charge in [-0.2, -0.15) is 0 Å². The highest BCUT2D eigenvalue weighted by Gasteiger charge is 2.44. The molecule has 1 amide bonds. The molecular weight excluding hydrogens is 298 g/mol. The summed E-state index contributed by atoms with van der Waals surface area (Å²) < 4.78 is 26.0. The maximum absolute atomic E-state index is 13.2. The van der Waals surface area contributed by atoms with Crippen LogP contribution in [0.25, 0.3) is 0 Å². The van der Waals surface area contributed by atoms with E-state index in [9.17, 15) is 13.6 Å². The third kappa shape index (κ3) is 3.71. The first-order valence-corrected chi connectivity index (χ1v) is 7.11. The van der Waals surface area contributed by atoms with Crippen LogP contribution in [0.1, 0.15) is 30.7 Å². The van der Waals surface area contributed by atoms with Crippen molar-refractivity contribution in [2.75, 3.05) is 13.1 Å². The van der Waals surface area contributed by atoms with Gasteiger partial charge in [-0.15, -0.1) is 12.4 Å². The Balaban J connectivity index is 0.00000161. The van der Waals surface area contributed by atoms with Crippen molar-refractivity contribution in [3.63, 3.8) is 0 Å². The van der Waals surface area contributed by atoms with Gasteiger partial charge in [0.15, 0.2) is 11.6 Å². The van der Waals surface area contributed by atoms with Gasteiger partial charge in [-0.3, -0.25) is 4.79 Å². The highest BCUT2D eigenvalue weighted by molar-refractivity contribution is 5.85. The van der Waals surface area contributed by atoms with E-state index in [4.69, 9.17) is 0 Å². The largest absolute Gasteiger partial charge is 0.354 e. The molecule has 1 aromatic carbocycles. The summed E-state index contributed by atoms with van der Waals surface area (Å²) in [6, 6.07) is 4.26. The molecule has 6 heteroatoms. The molecule has 1 saturated carbocycles. The lowest BCUT2D eigenvalue weighted by atomic mass is 10.1. The third-order valence-electron chi connectivity index (χ3n) is 4.18. The van der Waals surface area contributed by atoms with Crippen molar-refractivity contribution < 1.29 is 13.6 Å². The number of amides is 1. The van der Waals surface area contributed by atoms with Crippen molar-refractivity contribution in [1.82, 2.24) is 10.6 Å². The zero-order valence-electron chi connectivity index (χ0n) is 11.6. The predicted molar refractivity (Wildman–Crippen MR) is 78.5 cm³/mol. The van der Waals surface area contributed by atoms with Crippen molar-refractivity contribution in [3.05, 3.63) is 35.4 Å². The number of benzene rings is 1. The summed E-state index contributed by atoms with van der Waals surface area (Å²) in [7, 11) is 0. The molecular formula is C15H19ClF2N2O. The standard InChI is InChI=1S/C15H18F2N2O.ClH/c16-13-4-3-9(6-14(13)17)11-7-12(11)15(20)19-8-10-2-1-5-18-10;/h3-4,6,10-12,18H,1-2,5,7-8H2,(H,19,20);1H. The van der Waals surface area contributed by atoms with E-state index < -0.39 is 11.6 Å². The van der Waals surface area contributed by atoms with E-state index in [1.165, 1.54) is 6.07 Å². The number of carbonyl (C=O) groups is 1. The topological polar surface area (TPSA) is 41.1 Å². The maximum atomic E-state index is 13.2. The number of nitrogens with one attached hydrogen (secondary N) is 2. The van der Waals surface area contributed by atoms with Crippen molar-refractivity contribution in [2.24, 2.45) is 5.92 Å². The summed E-state index contributed by atoms with van der Waals surface area (Å²) in [5.74, 6) is -1.73. The van der Waals surface area contributed by atoms with Crippen LogP contribution in [0.3, 0.4) is 0 Å². The van der Waals surface area contributed by atoms with Crippen LogP contribution in [0.15, 0.2) is 18.2 Å². The average molecular weight is 317 g/mol. The molecule has 0 bridgehead atoms.